The van der Waals surface area contributed by atoms with Crippen molar-refractivity contribution in [3.63, 3.8) is 0 Å². The van der Waals surface area contributed by atoms with Crippen LogP contribution in [-0.4, -0.2) is 12.0 Å². The van der Waals surface area contributed by atoms with Gasteiger partial charge in [-0.05, 0) is 5.92 Å². The average molecular weight is 144 g/mol. The van der Waals surface area contributed by atoms with Crippen LogP contribution in [0.25, 0.3) is 0 Å². The first kappa shape index (κ1) is 9.43. The zero-order chi connectivity index (χ0) is 8.15. The van der Waals surface area contributed by atoms with Crippen molar-refractivity contribution in [3.8, 4) is 0 Å². The second kappa shape index (κ2) is 4.28. The van der Waals surface area contributed by atoms with E-state index in [1.54, 1.807) is 0 Å². The number of ether oxygens (including phenoxy) is 1. The van der Waals surface area contributed by atoms with Gasteiger partial charge in [0.15, 0.2) is 0 Å². The number of esters is 1. The summed E-state index contributed by atoms with van der Waals surface area (Å²) in [7, 11) is 2.99. The molecular weight excluding hydrogens is 130 g/mol. The summed E-state index contributed by atoms with van der Waals surface area (Å²) >= 11 is 0. The average Bonchev–Trinajstić information content (AvgIpc) is 2.00. The highest BCUT2D eigenvalue weighted by Crippen LogP contribution is 2.05. The van der Waals surface area contributed by atoms with Crippen molar-refractivity contribution in [1.82, 2.24) is 0 Å². The van der Waals surface area contributed by atoms with E-state index in [0.29, 0.717) is 0 Å². The third-order valence-electron chi connectivity index (χ3n) is 1.67. The molecule has 0 aromatic rings. The molecule has 59 valence electrons. The highest BCUT2D eigenvalue weighted by molar-refractivity contribution is 5.75. The van der Waals surface area contributed by atoms with Crippen LogP contribution >= 0.6 is 0 Å². The lowest BCUT2D eigenvalue weighted by molar-refractivity contribution is -0.141. The smallest absolute Gasteiger partial charge is 0.323 e. The molecule has 3 heteroatoms. The molecule has 1 radical (unpaired) electrons. The molecule has 0 unspecified atom stereocenters. The van der Waals surface area contributed by atoms with Crippen molar-refractivity contribution in [2.75, 3.05) is 0 Å². The first-order valence-electron chi connectivity index (χ1n) is 3.34. The predicted octanol–water partition coefficient (Wildman–Crippen LogP) is 0.695. The quantitative estimate of drug-likeness (QED) is 0.593. The lowest BCUT2D eigenvalue weighted by atomic mass is 10.0. The molecule has 2 atom stereocenters. The molecule has 0 fully saturated rings. The Morgan fingerprint density at radius 3 is 2.60 bits per heavy atom. The van der Waals surface area contributed by atoms with Crippen LogP contribution in [0.2, 0.25) is 0 Å². The van der Waals surface area contributed by atoms with Crippen LogP contribution in [-0.2, 0) is 9.53 Å². The number of hydrogen-bond acceptors (Lipinski definition) is 3. The number of carbonyl (C=O) groups is 1. The van der Waals surface area contributed by atoms with Gasteiger partial charge in [-0.3, -0.25) is 4.79 Å². The number of rotatable bonds is 3. The van der Waals surface area contributed by atoms with E-state index in [1.165, 1.54) is 0 Å². The molecule has 0 aromatic carbocycles. The van der Waals surface area contributed by atoms with Crippen LogP contribution in [0.5, 0.6) is 0 Å². The topological polar surface area (TPSA) is 52.3 Å². The maximum absolute atomic E-state index is 10.7. The second-order valence-electron chi connectivity index (χ2n) is 2.37. The standard InChI is InChI=1S/C7H14NO2/c1-4-5(2)6(8)7(9)10-3/h5-6H,3-4,8H2,1-2H3/t5-,6-/m0/s1. The normalized spacial score (nSPS) is 16.0. The molecule has 2 N–H and O–H groups in total. The van der Waals surface area contributed by atoms with Gasteiger partial charge in [-0.25, -0.2) is 0 Å². The lowest BCUT2D eigenvalue weighted by Gasteiger charge is -2.14. The molecule has 3 nitrogen and oxygen atoms in total. The van der Waals surface area contributed by atoms with E-state index < -0.39 is 12.0 Å². The van der Waals surface area contributed by atoms with E-state index in [2.05, 4.69) is 11.8 Å². The lowest BCUT2D eigenvalue weighted by Crippen LogP contribution is -2.37. The summed E-state index contributed by atoms with van der Waals surface area (Å²) in [5.74, 6) is -0.274. The fourth-order valence-electron chi connectivity index (χ4n) is 0.582. The first-order valence-corrected chi connectivity index (χ1v) is 3.34. The minimum atomic E-state index is -0.525. The van der Waals surface area contributed by atoms with E-state index in [1.807, 2.05) is 13.8 Å². The summed E-state index contributed by atoms with van der Waals surface area (Å²) in [6.07, 6.45) is 0.871. The van der Waals surface area contributed by atoms with Gasteiger partial charge in [-0.2, -0.15) is 0 Å². The predicted molar refractivity (Wildman–Crippen MR) is 38.9 cm³/mol. The monoisotopic (exact) mass is 144 g/mol. The van der Waals surface area contributed by atoms with Crippen LogP contribution in [0.1, 0.15) is 20.3 Å². The van der Waals surface area contributed by atoms with Gasteiger partial charge in [0.2, 0.25) is 0 Å². The summed E-state index contributed by atoms with van der Waals surface area (Å²) in [6.45, 7) is 3.88. The third-order valence-corrected chi connectivity index (χ3v) is 1.67. The fourth-order valence-corrected chi connectivity index (χ4v) is 0.582. The van der Waals surface area contributed by atoms with Gasteiger partial charge in [0.25, 0.3) is 0 Å². The van der Waals surface area contributed by atoms with Crippen LogP contribution in [0.15, 0.2) is 0 Å². The summed E-state index contributed by atoms with van der Waals surface area (Å²) in [5.41, 5.74) is 5.47. The Bertz CT molecular complexity index is 114. The van der Waals surface area contributed by atoms with E-state index >= 15 is 0 Å². The highest BCUT2D eigenvalue weighted by atomic mass is 16.5. The Labute approximate surface area is 61.5 Å². The van der Waals surface area contributed by atoms with Crippen LogP contribution in [0, 0.1) is 13.0 Å². The Hall–Kier alpha value is -0.570. The minimum absolute atomic E-state index is 0.161. The van der Waals surface area contributed by atoms with Gasteiger partial charge in [-0.15, -0.1) is 0 Å². The summed E-state index contributed by atoms with van der Waals surface area (Å²) in [4.78, 5) is 10.7. The Kier molecular flexibility index (Phi) is 4.03. The second-order valence-corrected chi connectivity index (χ2v) is 2.37. The van der Waals surface area contributed by atoms with Gasteiger partial charge in [0, 0.05) is 0 Å². The molecule has 0 rings (SSSR count). The van der Waals surface area contributed by atoms with Gasteiger partial charge in [0.05, 0.1) is 0 Å². The SMILES string of the molecule is [CH2]OC(=O)[C@@H](N)[C@@H](C)CC. The molecule has 0 aliphatic rings. The van der Waals surface area contributed by atoms with Crippen molar-refractivity contribution < 1.29 is 9.53 Å². The van der Waals surface area contributed by atoms with E-state index in [-0.39, 0.29) is 5.92 Å². The maximum atomic E-state index is 10.7. The van der Waals surface area contributed by atoms with Gasteiger partial charge in [-0.1, -0.05) is 20.3 Å². The van der Waals surface area contributed by atoms with Gasteiger partial charge < -0.3 is 10.5 Å². The largest absolute Gasteiger partial charge is 0.461 e. The summed E-state index contributed by atoms with van der Waals surface area (Å²) in [6, 6.07) is -0.525. The zero-order valence-corrected chi connectivity index (χ0v) is 6.46. The number of nitrogens with two attached hydrogens (primary N) is 1. The maximum Gasteiger partial charge on any atom is 0.323 e. The van der Waals surface area contributed by atoms with E-state index in [4.69, 9.17) is 5.73 Å². The molecule has 0 bridgehead atoms. The molecule has 0 heterocycles. The Morgan fingerprint density at radius 2 is 2.30 bits per heavy atom. The molecule has 0 aromatic heterocycles. The van der Waals surface area contributed by atoms with Crippen molar-refractivity contribution in [2.24, 2.45) is 11.7 Å². The molecule has 0 saturated carbocycles. The van der Waals surface area contributed by atoms with Crippen molar-refractivity contribution in [1.29, 1.82) is 0 Å². The molecule has 0 aliphatic carbocycles. The Morgan fingerprint density at radius 1 is 1.80 bits per heavy atom. The first-order chi connectivity index (χ1) is 4.63. The van der Waals surface area contributed by atoms with Gasteiger partial charge in [0.1, 0.15) is 13.2 Å². The zero-order valence-electron chi connectivity index (χ0n) is 6.46. The fraction of sp³-hybridized carbons (Fsp3) is 0.714. The summed E-state index contributed by atoms with van der Waals surface area (Å²) < 4.78 is 4.22. The number of hydrogen-bond donors (Lipinski definition) is 1. The minimum Gasteiger partial charge on any atom is -0.461 e. The molecule has 0 aliphatic heterocycles. The van der Waals surface area contributed by atoms with Gasteiger partial charge >= 0.3 is 5.97 Å². The molecule has 0 amide bonds. The molecule has 0 spiro atoms. The molecule has 0 saturated heterocycles. The van der Waals surface area contributed by atoms with Crippen molar-refractivity contribution in [3.05, 3.63) is 7.11 Å². The highest BCUT2D eigenvalue weighted by Gasteiger charge is 2.19. The molecular formula is C7H14NO2. The van der Waals surface area contributed by atoms with Crippen LogP contribution in [0.3, 0.4) is 0 Å². The Balaban J connectivity index is 3.81. The van der Waals surface area contributed by atoms with Crippen LogP contribution < -0.4 is 5.73 Å². The third kappa shape index (κ3) is 2.35. The molecule has 10 heavy (non-hydrogen) atoms. The van der Waals surface area contributed by atoms with Crippen molar-refractivity contribution >= 4 is 5.97 Å². The van der Waals surface area contributed by atoms with E-state index in [0.717, 1.165) is 6.42 Å². The van der Waals surface area contributed by atoms with Crippen LogP contribution in [0.4, 0.5) is 0 Å². The number of carbonyl (C=O) groups excluding carboxylic acids is 1. The van der Waals surface area contributed by atoms with Crippen molar-refractivity contribution in [2.45, 2.75) is 26.3 Å². The summed E-state index contributed by atoms with van der Waals surface area (Å²) in [5, 5.41) is 0. The van der Waals surface area contributed by atoms with E-state index in [9.17, 15) is 4.79 Å².